The number of benzene rings is 1. The summed E-state index contributed by atoms with van der Waals surface area (Å²) < 4.78 is 5.28. The van der Waals surface area contributed by atoms with Crippen molar-refractivity contribution in [1.29, 1.82) is 0 Å². The molecule has 1 aliphatic heterocycles. The monoisotopic (exact) mass is 277 g/mol. The van der Waals surface area contributed by atoms with Gasteiger partial charge in [0.2, 0.25) is 0 Å². The molecule has 100 valence electrons. The van der Waals surface area contributed by atoms with Gasteiger partial charge in [-0.2, -0.15) is 16.7 Å². The fraction of sp³-hybridized carbons (Fsp3) is 0.385. The van der Waals surface area contributed by atoms with Gasteiger partial charge >= 0.3 is 0 Å². The fourth-order valence-corrected chi connectivity index (χ4v) is 3.30. The zero-order valence-corrected chi connectivity index (χ0v) is 11.4. The van der Waals surface area contributed by atoms with E-state index < -0.39 is 0 Å². The van der Waals surface area contributed by atoms with Crippen molar-refractivity contribution in [3.8, 4) is 17.2 Å². The Morgan fingerprint density at radius 3 is 3.05 bits per heavy atom. The SMILES string of the molecule is CN1CCSCC1c1noc(-c2ccccc2O)n1. The lowest BCUT2D eigenvalue weighted by Gasteiger charge is -2.29. The van der Waals surface area contributed by atoms with E-state index in [1.54, 1.807) is 18.2 Å². The number of thioether (sulfide) groups is 1. The Labute approximate surface area is 115 Å². The Kier molecular flexibility index (Phi) is 3.44. The second-order valence-corrected chi connectivity index (χ2v) is 5.70. The van der Waals surface area contributed by atoms with Crippen LogP contribution < -0.4 is 0 Å². The summed E-state index contributed by atoms with van der Waals surface area (Å²) in [5.74, 6) is 3.32. The van der Waals surface area contributed by atoms with Gasteiger partial charge in [-0.1, -0.05) is 17.3 Å². The minimum Gasteiger partial charge on any atom is -0.507 e. The van der Waals surface area contributed by atoms with E-state index in [2.05, 4.69) is 22.1 Å². The standard InChI is InChI=1S/C13H15N3O2S/c1-16-6-7-19-8-10(16)12-14-13(18-15-12)9-4-2-3-5-11(9)17/h2-5,10,17H,6-8H2,1H3. The summed E-state index contributed by atoms with van der Waals surface area (Å²) in [6, 6.07) is 7.17. The summed E-state index contributed by atoms with van der Waals surface area (Å²) in [5.41, 5.74) is 0.576. The van der Waals surface area contributed by atoms with Crippen LogP contribution in [0.4, 0.5) is 0 Å². The number of aromatic hydroxyl groups is 1. The van der Waals surface area contributed by atoms with Crippen LogP contribution >= 0.6 is 11.8 Å². The van der Waals surface area contributed by atoms with Crippen LogP contribution in [0.3, 0.4) is 0 Å². The van der Waals surface area contributed by atoms with Crippen LogP contribution in [0, 0.1) is 0 Å². The highest BCUT2D eigenvalue weighted by molar-refractivity contribution is 7.99. The molecule has 1 aliphatic rings. The smallest absolute Gasteiger partial charge is 0.261 e. The third-order valence-electron chi connectivity index (χ3n) is 3.27. The highest BCUT2D eigenvalue weighted by atomic mass is 32.2. The Bertz CT molecular complexity index is 573. The van der Waals surface area contributed by atoms with Crippen molar-refractivity contribution in [2.24, 2.45) is 0 Å². The summed E-state index contributed by atoms with van der Waals surface area (Å²) in [6.45, 7) is 1.02. The Morgan fingerprint density at radius 2 is 2.26 bits per heavy atom. The number of aromatic nitrogens is 2. The molecule has 1 saturated heterocycles. The van der Waals surface area contributed by atoms with Gasteiger partial charge in [-0.25, -0.2) is 0 Å². The van der Waals surface area contributed by atoms with E-state index >= 15 is 0 Å². The van der Waals surface area contributed by atoms with Gasteiger partial charge in [-0.3, -0.25) is 4.90 Å². The van der Waals surface area contributed by atoms with Crippen molar-refractivity contribution in [3.05, 3.63) is 30.1 Å². The maximum Gasteiger partial charge on any atom is 0.261 e. The summed E-state index contributed by atoms with van der Waals surface area (Å²) in [6.07, 6.45) is 0. The summed E-state index contributed by atoms with van der Waals surface area (Å²) >= 11 is 1.90. The molecule has 1 unspecified atom stereocenters. The van der Waals surface area contributed by atoms with E-state index in [0.717, 1.165) is 18.1 Å². The summed E-state index contributed by atoms with van der Waals surface area (Å²) in [7, 11) is 2.07. The van der Waals surface area contributed by atoms with Crippen LogP contribution in [0.25, 0.3) is 11.5 Å². The van der Waals surface area contributed by atoms with Gasteiger partial charge in [0.1, 0.15) is 5.75 Å². The van der Waals surface area contributed by atoms with Crippen molar-refractivity contribution in [2.45, 2.75) is 6.04 Å². The molecular weight excluding hydrogens is 262 g/mol. The average molecular weight is 277 g/mol. The molecule has 0 amide bonds. The molecule has 6 heteroatoms. The summed E-state index contributed by atoms with van der Waals surface area (Å²) in [4.78, 5) is 6.65. The van der Waals surface area contributed by atoms with Gasteiger partial charge in [0.05, 0.1) is 11.6 Å². The first-order valence-electron chi connectivity index (χ1n) is 6.15. The second-order valence-electron chi connectivity index (χ2n) is 4.55. The highest BCUT2D eigenvalue weighted by Crippen LogP contribution is 2.30. The van der Waals surface area contributed by atoms with Gasteiger partial charge in [0.15, 0.2) is 5.82 Å². The lowest BCUT2D eigenvalue weighted by molar-refractivity contribution is 0.257. The molecule has 0 aliphatic carbocycles. The molecule has 2 heterocycles. The molecule has 1 atom stereocenters. The molecule has 19 heavy (non-hydrogen) atoms. The first kappa shape index (κ1) is 12.5. The number of hydrogen-bond acceptors (Lipinski definition) is 6. The predicted octanol–water partition coefficient (Wildman–Crippen LogP) is 2.16. The maximum atomic E-state index is 9.79. The van der Waals surface area contributed by atoms with Gasteiger partial charge in [0, 0.05) is 18.1 Å². The molecule has 0 saturated carbocycles. The molecule has 1 N–H and O–H groups in total. The third kappa shape index (κ3) is 2.46. The van der Waals surface area contributed by atoms with Crippen molar-refractivity contribution >= 4 is 11.8 Å². The van der Waals surface area contributed by atoms with Crippen LogP contribution in [0.15, 0.2) is 28.8 Å². The molecule has 0 radical (unpaired) electrons. The number of nitrogens with zero attached hydrogens (tertiary/aromatic N) is 3. The normalized spacial score (nSPS) is 20.6. The number of phenolic OH excluding ortho intramolecular Hbond substituents is 1. The van der Waals surface area contributed by atoms with E-state index in [1.165, 1.54) is 0 Å². The van der Waals surface area contributed by atoms with Gasteiger partial charge in [-0.15, -0.1) is 0 Å². The average Bonchev–Trinajstić information content (AvgIpc) is 2.89. The van der Waals surface area contributed by atoms with Crippen molar-refractivity contribution < 1.29 is 9.63 Å². The lowest BCUT2D eigenvalue weighted by Crippen LogP contribution is -2.33. The maximum absolute atomic E-state index is 9.79. The lowest BCUT2D eigenvalue weighted by atomic mass is 10.2. The minimum absolute atomic E-state index is 0.157. The van der Waals surface area contributed by atoms with E-state index in [4.69, 9.17) is 4.52 Å². The summed E-state index contributed by atoms with van der Waals surface area (Å²) in [5, 5.41) is 13.8. The number of rotatable bonds is 2. The van der Waals surface area contributed by atoms with Crippen molar-refractivity contribution in [3.63, 3.8) is 0 Å². The first-order valence-corrected chi connectivity index (χ1v) is 7.31. The quantitative estimate of drug-likeness (QED) is 0.907. The van der Waals surface area contributed by atoms with Gasteiger partial charge in [0.25, 0.3) is 5.89 Å². The molecule has 1 aromatic heterocycles. The molecule has 0 spiro atoms. The van der Waals surface area contributed by atoms with E-state index in [9.17, 15) is 5.11 Å². The molecule has 5 nitrogen and oxygen atoms in total. The topological polar surface area (TPSA) is 62.4 Å². The largest absolute Gasteiger partial charge is 0.507 e. The first-order chi connectivity index (χ1) is 9.25. The third-order valence-corrected chi connectivity index (χ3v) is 4.29. The zero-order valence-electron chi connectivity index (χ0n) is 10.6. The van der Waals surface area contributed by atoms with Gasteiger partial charge < -0.3 is 9.63 Å². The van der Waals surface area contributed by atoms with Crippen molar-refractivity contribution in [2.75, 3.05) is 25.1 Å². The number of hydrogen-bond donors (Lipinski definition) is 1. The molecule has 1 aromatic carbocycles. The van der Waals surface area contributed by atoms with Crippen LogP contribution in [0.1, 0.15) is 11.9 Å². The van der Waals surface area contributed by atoms with E-state index in [1.807, 2.05) is 17.8 Å². The Balaban J connectivity index is 1.89. The molecule has 2 aromatic rings. The number of phenols is 1. The van der Waals surface area contributed by atoms with E-state index in [-0.39, 0.29) is 11.8 Å². The van der Waals surface area contributed by atoms with Gasteiger partial charge in [-0.05, 0) is 19.2 Å². The van der Waals surface area contributed by atoms with Crippen LogP contribution in [0.5, 0.6) is 5.75 Å². The molecular formula is C13H15N3O2S. The predicted molar refractivity (Wildman–Crippen MR) is 74.1 cm³/mol. The molecule has 1 fully saturated rings. The highest BCUT2D eigenvalue weighted by Gasteiger charge is 2.26. The van der Waals surface area contributed by atoms with E-state index in [0.29, 0.717) is 17.3 Å². The van der Waals surface area contributed by atoms with Crippen LogP contribution in [-0.2, 0) is 0 Å². The number of para-hydroxylation sites is 1. The Morgan fingerprint density at radius 1 is 1.42 bits per heavy atom. The van der Waals surface area contributed by atoms with Crippen LogP contribution in [-0.4, -0.2) is 45.2 Å². The van der Waals surface area contributed by atoms with Crippen molar-refractivity contribution in [1.82, 2.24) is 15.0 Å². The zero-order chi connectivity index (χ0) is 13.2. The Hall–Kier alpha value is -1.53. The second kappa shape index (κ2) is 5.22. The molecule has 3 rings (SSSR count). The minimum atomic E-state index is 0.157. The molecule has 0 bridgehead atoms. The fourth-order valence-electron chi connectivity index (χ4n) is 2.09. The van der Waals surface area contributed by atoms with Crippen LogP contribution in [0.2, 0.25) is 0 Å².